The van der Waals surface area contributed by atoms with Crippen molar-refractivity contribution < 1.29 is 24.2 Å². The molecule has 0 unspecified atom stereocenters. The molecule has 7 nitrogen and oxygen atoms in total. The number of rotatable bonds is 10. The first-order valence-electron chi connectivity index (χ1n) is 8.70. The first-order chi connectivity index (χ1) is 13.0. The van der Waals surface area contributed by atoms with Gasteiger partial charge in [0, 0.05) is 23.9 Å². The summed E-state index contributed by atoms with van der Waals surface area (Å²) in [4.78, 5) is 29.5. The third kappa shape index (κ3) is 5.43. The summed E-state index contributed by atoms with van der Waals surface area (Å²) in [6.45, 7) is 2.55. The van der Waals surface area contributed by atoms with Crippen LogP contribution >= 0.6 is 11.3 Å². The molecule has 2 rings (SSSR count). The highest BCUT2D eigenvalue weighted by molar-refractivity contribution is 7.14. The molecule has 0 bridgehead atoms. The molecular formula is C19H24N2O5S. The Kier molecular flexibility index (Phi) is 7.60. The van der Waals surface area contributed by atoms with Crippen LogP contribution in [0.2, 0.25) is 0 Å². The van der Waals surface area contributed by atoms with Gasteiger partial charge in [0.2, 0.25) is 5.91 Å². The van der Waals surface area contributed by atoms with Gasteiger partial charge in [0.05, 0.1) is 26.3 Å². The lowest BCUT2D eigenvalue weighted by atomic mass is 10.1. The topological polar surface area (TPSA) is 89.0 Å². The van der Waals surface area contributed by atoms with Gasteiger partial charge >= 0.3 is 5.97 Å². The van der Waals surface area contributed by atoms with Crippen LogP contribution in [0.1, 0.15) is 32.6 Å². The lowest BCUT2D eigenvalue weighted by molar-refractivity contribution is -0.138. The number of ether oxygens (including phenoxy) is 2. The Morgan fingerprint density at radius 1 is 1.22 bits per heavy atom. The van der Waals surface area contributed by atoms with Crippen molar-refractivity contribution in [1.82, 2.24) is 4.98 Å². The summed E-state index contributed by atoms with van der Waals surface area (Å²) in [6, 6.07) is 5.44. The molecule has 0 atom stereocenters. The number of aromatic nitrogens is 1. The van der Waals surface area contributed by atoms with Crippen LogP contribution in [0.4, 0.5) is 5.13 Å². The SMILES string of the molecule is CCCCN(C(=O)CCC(=O)O)c1nc(-c2cc(OC)ccc2OC)cs1. The number of amides is 1. The summed E-state index contributed by atoms with van der Waals surface area (Å²) >= 11 is 1.35. The quantitative estimate of drug-likeness (QED) is 0.661. The molecule has 0 aliphatic rings. The second kappa shape index (κ2) is 9.91. The molecule has 1 heterocycles. The van der Waals surface area contributed by atoms with Crippen molar-refractivity contribution >= 4 is 28.3 Å². The highest BCUT2D eigenvalue weighted by atomic mass is 32.1. The molecule has 0 fully saturated rings. The molecule has 0 aliphatic carbocycles. The average molecular weight is 392 g/mol. The molecule has 146 valence electrons. The molecule has 0 saturated heterocycles. The maximum Gasteiger partial charge on any atom is 0.303 e. The Morgan fingerprint density at radius 3 is 2.63 bits per heavy atom. The number of aliphatic carboxylic acids is 1. The molecule has 0 saturated carbocycles. The lowest BCUT2D eigenvalue weighted by Gasteiger charge is -2.19. The fraction of sp³-hybridized carbons (Fsp3) is 0.421. The van der Waals surface area contributed by atoms with E-state index in [2.05, 4.69) is 4.98 Å². The monoisotopic (exact) mass is 392 g/mol. The first kappa shape index (κ1) is 20.7. The van der Waals surface area contributed by atoms with E-state index in [0.29, 0.717) is 28.9 Å². The van der Waals surface area contributed by atoms with E-state index < -0.39 is 5.97 Å². The van der Waals surface area contributed by atoms with Crippen molar-refractivity contribution in [1.29, 1.82) is 0 Å². The lowest BCUT2D eigenvalue weighted by Crippen LogP contribution is -2.32. The smallest absolute Gasteiger partial charge is 0.303 e. The number of carbonyl (C=O) groups is 2. The summed E-state index contributed by atoms with van der Waals surface area (Å²) in [7, 11) is 3.17. The number of hydrogen-bond donors (Lipinski definition) is 1. The molecule has 1 aromatic carbocycles. The van der Waals surface area contributed by atoms with Gasteiger partial charge in [0.15, 0.2) is 5.13 Å². The molecule has 1 aromatic heterocycles. The van der Waals surface area contributed by atoms with Crippen molar-refractivity contribution in [2.24, 2.45) is 0 Å². The Bertz CT molecular complexity index is 790. The molecule has 0 radical (unpaired) electrons. The number of carboxylic acid groups (broad SMARTS) is 1. The number of hydrogen-bond acceptors (Lipinski definition) is 6. The summed E-state index contributed by atoms with van der Waals surface area (Å²) in [6.07, 6.45) is 1.50. The maximum absolute atomic E-state index is 12.5. The van der Waals surface area contributed by atoms with E-state index in [1.54, 1.807) is 31.3 Å². The van der Waals surface area contributed by atoms with Gasteiger partial charge in [0.1, 0.15) is 11.5 Å². The Labute approximate surface area is 162 Å². The summed E-state index contributed by atoms with van der Waals surface area (Å²) < 4.78 is 10.7. The van der Waals surface area contributed by atoms with Crippen molar-refractivity contribution in [3.05, 3.63) is 23.6 Å². The number of methoxy groups -OCH3 is 2. The minimum Gasteiger partial charge on any atom is -0.497 e. The van der Waals surface area contributed by atoms with Crippen LogP contribution in [-0.2, 0) is 9.59 Å². The summed E-state index contributed by atoms with van der Waals surface area (Å²) in [5, 5.41) is 11.3. The third-order valence-corrected chi connectivity index (χ3v) is 4.86. The summed E-state index contributed by atoms with van der Waals surface area (Å²) in [5.41, 5.74) is 1.45. The van der Waals surface area contributed by atoms with Crippen LogP contribution in [-0.4, -0.2) is 42.7 Å². The number of carboxylic acids is 1. The van der Waals surface area contributed by atoms with Crippen molar-refractivity contribution in [2.45, 2.75) is 32.6 Å². The number of benzene rings is 1. The standard InChI is InChI=1S/C19H24N2O5S/c1-4-5-10-21(17(22)8-9-18(23)24)19-20-15(12-27-19)14-11-13(25-2)6-7-16(14)26-3/h6-7,11-12H,4-5,8-10H2,1-3H3,(H,23,24). The molecule has 8 heteroatoms. The Hall–Kier alpha value is -2.61. The molecular weight excluding hydrogens is 368 g/mol. The highest BCUT2D eigenvalue weighted by Crippen LogP contribution is 2.36. The minimum atomic E-state index is -0.986. The second-order valence-electron chi connectivity index (χ2n) is 5.87. The zero-order valence-electron chi connectivity index (χ0n) is 15.7. The van der Waals surface area contributed by atoms with Crippen molar-refractivity contribution in [2.75, 3.05) is 25.7 Å². The van der Waals surface area contributed by atoms with Crippen LogP contribution < -0.4 is 14.4 Å². The van der Waals surface area contributed by atoms with E-state index in [1.165, 1.54) is 11.3 Å². The van der Waals surface area contributed by atoms with Crippen molar-refractivity contribution in [3.63, 3.8) is 0 Å². The molecule has 0 aliphatic heterocycles. The van der Waals surface area contributed by atoms with Gasteiger partial charge in [-0.15, -0.1) is 11.3 Å². The van der Waals surface area contributed by atoms with Crippen molar-refractivity contribution in [3.8, 4) is 22.8 Å². The fourth-order valence-corrected chi connectivity index (χ4v) is 3.39. The van der Waals surface area contributed by atoms with E-state index in [-0.39, 0.29) is 18.7 Å². The molecule has 1 amide bonds. The Balaban J connectivity index is 2.31. The van der Waals surface area contributed by atoms with E-state index in [0.717, 1.165) is 18.4 Å². The van der Waals surface area contributed by atoms with Gasteiger partial charge in [-0.05, 0) is 24.6 Å². The van der Waals surface area contributed by atoms with Gasteiger partial charge < -0.3 is 14.6 Å². The van der Waals surface area contributed by atoms with E-state index in [9.17, 15) is 9.59 Å². The van der Waals surface area contributed by atoms with Crippen LogP contribution in [0.3, 0.4) is 0 Å². The predicted molar refractivity (Wildman–Crippen MR) is 105 cm³/mol. The van der Waals surface area contributed by atoms with E-state index in [4.69, 9.17) is 14.6 Å². The average Bonchev–Trinajstić information content (AvgIpc) is 3.15. The minimum absolute atomic E-state index is 0.0452. The zero-order valence-corrected chi connectivity index (χ0v) is 16.5. The van der Waals surface area contributed by atoms with Crippen LogP contribution in [0, 0.1) is 0 Å². The van der Waals surface area contributed by atoms with Crippen LogP contribution in [0.25, 0.3) is 11.3 Å². The van der Waals surface area contributed by atoms with Crippen LogP contribution in [0.5, 0.6) is 11.5 Å². The zero-order chi connectivity index (χ0) is 19.8. The highest BCUT2D eigenvalue weighted by Gasteiger charge is 2.21. The van der Waals surface area contributed by atoms with E-state index in [1.807, 2.05) is 18.4 Å². The van der Waals surface area contributed by atoms with Gasteiger partial charge in [-0.25, -0.2) is 4.98 Å². The maximum atomic E-state index is 12.5. The molecule has 2 aromatic rings. The predicted octanol–water partition coefficient (Wildman–Crippen LogP) is 3.83. The third-order valence-electron chi connectivity index (χ3n) is 3.99. The van der Waals surface area contributed by atoms with E-state index >= 15 is 0 Å². The van der Waals surface area contributed by atoms with Gasteiger partial charge in [-0.2, -0.15) is 0 Å². The summed E-state index contributed by atoms with van der Waals surface area (Å²) in [5.74, 6) is 0.120. The molecule has 1 N–H and O–H groups in total. The molecule has 0 spiro atoms. The number of thiazole rings is 1. The number of carbonyl (C=O) groups excluding carboxylic acids is 1. The normalized spacial score (nSPS) is 10.5. The molecule has 27 heavy (non-hydrogen) atoms. The van der Waals surface area contributed by atoms with Gasteiger partial charge in [0.25, 0.3) is 0 Å². The number of nitrogens with zero attached hydrogens (tertiary/aromatic N) is 2. The first-order valence-corrected chi connectivity index (χ1v) is 9.58. The Morgan fingerprint density at radius 2 is 2.00 bits per heavy atom. The van der Waals surface area contributed by atoms with Crippen LogP contribution in [0.15, 0.2) is 23.6 Å². The fourth-order valence-electron chi connectivity index (χ4n) is 2.52. The second-order valence-corrected chi connectivity index (χ2v) is 6.71. The van der Waals surface area contributed by atoms with Gasteiger partial charge in [-0.1, -0.05) is 13.3 Å². The number of unbranched alkanes of at least 4 members (excludes halogenated alkanes) is 1. The van der Waals surface area contributed by atoms with Gasteiger partial charge in [-0.3, -0.25) is 14.5 Å². The number of anilines is 1. The largest absolute Gasteiger partial charge is 0.497 e.